The number of carbonyl (C=O) groups is 1. The summed E-state index contributed by atoms with van der Waals surface area (Å²) in [7, 11) is 3.88. The molecule has 0 bridgehead atoms. The van der Waals surface area contributed by atoms with E-state index in [1.165, 1.54) is 0 Å². The fraction of sp³-hybridized carbons (Fsp3) is 0.227. The van der Waals surface area contributed by atoms with E-state index in [2.05, 4.69) is 25.9 Å². The molecule has 0 unspecified atom stereocenters. The van der Waals surface area contributed by atoms with Crippen molar-refractivity contribution in [2.45, 2.75) is 20.8 Å². The molecule has 2 amide bonds. The van der Waals surface area contributed by atoms with Gasteiger partial charge in [0.15, 0.2) is 0 Å². The van der Waals surface area contributed by atoms with Gasteiger partial charge in [-0.3, -0.25) is 0 Å². The quantitative estimate of drug-likeness (QED) is 0.580. The lowest BCUT2D eigenvalue weighted by Gasteiger charge is -2.14. The highest BCUT2D eigenvalue weighted by atomic mass is 16.2. The third-order valence-electron chi connectivity index (χ3n) is 4.55. The van der Waals surface area contributed by atoms with Crippen LogP contribution >= 0.6 is 0 Å². The highest BCUT2D eigenvalue weighted by Gasteiger charge is 2.07. The van der Waals surface area contributed by atoms with Gasteiger partial charge in [0.1, 0.15) is 17.5 Å². The zero-order valence-corrected chi connectivity index (χ0v) is 17.4. The summed E-state index contributed by atoms with van der Waals surface area (Å²) in [6.07, 6.45) is 0. The second kappa shape index (κ2) is 8.60. The van der Waals surface area contributed by atoms with Crippen LogP contribution in [-0.4, -0.2) is 30.1 Å². The molecule has 150 valence electrons. The van der Waals surface area contributed by atoms with Gasteiger partial charge in [-0.15, -0.1) is 0 Å². The van der Waals surface area contributed by atoms with Gasteiger partial charge in [-0.25, -0.2) is 14.8 Å². The summed E-state index contributed by atoms with van der Waals surface area (Å²) in [6, 6.07) is 14.9. The van der Waals surface area contributed by atoms with Crippen LogP contribution in [0.1, 0.15) is 17.0 Å². The topological polar surface area (TPSA) is 82.2 Å². The maximum Gasteiger partial charge on any atom is 0.323 e. The molecule has 0 spiro atoms. The maximum absolute atomic E-state index is 12.3. The molecule has 3 N–H and O–H groups in total. The van der Waals surface area contributed by atoms with E-state index in [1.54, 1.807) is 0 Å². The lowest BCUT2D eigenvalue weighted by molar-refractivity contribution is 0.262. The maximum atomic E-state index is 12.3. The molecule has 0 aliphatic carbocycles. The Hall–Kier alpha value is -3.61. The molecule has 29 heavy (non-hydrogen) atoms. The molecule has 0 atom stereocenters. The van der Waals surface area contributed by atoms with Gasteiger partial charge < -0.3 is 20.9 Å². The van der Waals surface area contributed by atoms with E-state index in [-0.39, 0.29) is 6.03 Å². The van der Waals surface area contributed by atoms with Crippen LogP contribution < -0.4 is 20.9 Å². The summed E-state index contributed by atoms with van der Waals surface area (Å²) in [4.78, 5) is 23.0. The number of amides is 2. The average molecular weight is 390 g/mol. The molecule has 7 nitrogen and oxygen atoms in total. The first-order chi connectivity index (χ1) is 13.8. The molecular weight excluding hydrogens is 364 g/mol. The Labute approximate surface area is 171 Å². The fourth-order valence-corrected chi connectivity index (χ4v) is 2.80. The summed E-state index contributed by atoms with van der Waals surface area (Å²) >= 11 is 0. The number of hydrogen-bond acceptors (Lipinski definition) is 5. The van der Waals surface area contributed by atoms with Gasteiger partial charge >= 0.3 is 6.03 Å². The van der Waals surface area contributed by atoms with Crippen molar-refractivity contribution < 1.29 is 4.79 Å². The molecule has 0 fully saturated rings. The minimum atomic E-state index is -0.276. The van der Waals surface area contributed by atoms with Gasteiger partial charge in [0, 0.05) is 37.2 Å². The van der Waals surface area contributed by atoms with Crippen LogP contribution in [0.5, 0.6) is 0 Å². The standard InChI is InChI=1S/C22H26N6O/c1-14-7-6-8-19(15(14)2)27-22(29)26-18-11-9-17(10-12-18)25-20-13-21(28(4)5)24-16(3)23-20/h6-13H,1-5H3,(H,23,24,25)(H2,26,27,29). The van der Waals surface area contributed by atoms with Gasteiger partial charge in [0.25, 0.3) is 0 Å². The van der Waals surface area contributed by atoms with Crippen LogP contribution in [0.2, 0.25) is 0 Å². The number of benzene rings is 2. The zero-order chi connectivity index (χ0) is 21.0. The first-order valence-corrected chi connectivity index (χ1v) is 9.36. The second-order valence-corrected chi connectivity index (χ2v) is 7.08. The summed E-state index contributed by atoms with van der Waals surface area (Å²) in [5.41, 5.74) is 4.56. The van der Waals surface area contributed by atoms with Crippen molar-refractivity contribution in [1.29, 1.82) is 0 Å². The van der Waals surface area contributed by atoms with E-state index < -0.39 is 0 Å². The van der Waals surface area contributed by atoms with E-state index >= 15 is 0 Å². The molecule has 3 rings (SSSR count). The van der Waals surface area contributed by atoms with E-state index in [0.29, 0.717) is 11.5 Å². The molecule has 0 saturated carbocycles. The molecule has 1 aromatic heterocycles. The van der Waals surface area contributed by atoms with Crippen LogP contribution in [0.25, 0.3) is 0 Å². The number of aromatic nitrogens is 2. The Morgan fingerprint density at radius 2 is 1.59 bits per heavy atom. The summed E-state index contributed by atoms with van der Waals surface area (Å²) < 4.78 is 0. The second-order valence-electron chi connectivity index (χ2n) is 7.08. The minimum absolute atomic E-state index is 0.276. The van der Waals surface area contributed by atoms with E-state index in [1.807, 2.05) is 88.3 Å². The molecule has 0 aliphatic rings. The Morgan fingerprint density at radius 3 is 2.28 bits per heavy atom. The van der Waals surface area contributed by atoms with Crippen LogP contribution in [0.15, 0.2) is 48.5 Å². The summed E-state index contributed by atoms with van der Waals surface area (Å²) in [5, 5.41) is 9.01. The highest BCUT2D eigenvalue weighted by molar-refractivity contribution is 6.00. The average Bonchev–Trinajstić information content (AvgIpc) is 2.66. The van der Waals surface area contributed by atoms with Crippen molar-refractivity contribution in [3.05, 3.63) is 65.5 Å². The molecule has 0 aliphatic heterocycles. The largest absolute Gasteiger partial charge is 0.363 e. The minimum Gasteiger partial charge on any atom is -0.363 e. The van der Waals surface area contributed by atoms with Crippen molar-refractivity contribution in [3.8, 4) is 0 Å². The van der Waals surface area contributed by atoms with E-state index in [4.69, 9.17) is 0 Å². The molecule has 3 aromatic rings. The lowest BCUT2D eigenvalue weighted by Crippen LogP contribution is -2.20. The number of hydrogen-bond donors (Lipinski definition) is 3. The van der Waals surface area contributed by atoms with Gasteiger partial charge in [-0.2, -0.15) is 0 Å². The predicted molar refractivity (Wildman–Crippen MR) is 119 cm³/mol. The predicted octanol–water partition coefficient (Wildman–Crippen LogP) is 4.86. The summed E-state index contributed by atoms with van der Waals surface area (Å²) in [6.45, 7) is 5.87. The van der Waals surface area contributed by atoms with Crippen LogP contribution in [-0.2, 0) is 0 Å². The molecule has 2 aromatic carbocycles. The van der Waals surface area contributed by atoms with Gasteiger partial charge in [-0.1, -0.05) is 12.1 Å². The lowest BCUT2D eigenvalue weighted by atomic mass is 10.1. The van der Waals surface area contributed by atoms with Crippen LogP contribution in [0.4, 0.5) is 33.5 Å². The number of rotatable bonds is 5. The Kier molecular flexibility index (Phi) is 5.97. The molecular formula is C22H26N6O. The van der Waals surface area contributed by atoms with Crippen molar-refractivity contribution in [2.75, 3.05) is 34.9 Å². The smallest absolute Gasteiger partial charge is 0.323 e. The van der Waals surface area contributed by atoms with Gasteiger partial charge in [-0.05, 0) is 62.2 Å². The number of urea groups is 1. The van der Waals surface area contributed by atoms with Crippen molar-refractivity contribution in [3.63, 3.8) is 0 Å². The van der Waals surface area contributed by atoms with E-state index in [0.717, 1.165) is 34.1 Å². The Bertz CT molecular complexity index is 1010. The number of anilines is 5. The van der Waals surface area contributed by atoms with Gasteiger partial charge in [0.2, 0.25) is 0 Å². The zero-order valence-electron chi connectivity index (χ0n) is 17.4. The summed E-state index contributed by atoms with van der Waals surface area (Å²) in [5.74, 6) is 2.25. The molecule has 1 heterocycles. The Balaban J connectivity index is 1.64. The molecule has 0 radical (unpaired) electrons. The fourth-order valence-electron chi connectivity index (χ4n) is 2.80. The van der Waals surface area contributed by atoms with Crippen LogP contribution in [0, 0.1) is 20.8 Å². The number of carbonyl (C=O) groups excluding carboxylic acids is 1. The molecule has 0 saturated heterocycles. The number of nitrogens with one attached hydrogen (secondary N) is 3. The van der Waals surface area contributed by atoms with Crippen molar-refractivity contribution >= 4 is 34.7 Å². The first kappa shape index (κ1) is 20.1. The number of nitrogens with zero attached hydrogens (tertiary/aromatic N) is 3. The third-order valence-corrected chi connectivity index (χ3v) is 4.55. The number of aryl methyl sites for hydroxylation is 2. The third kappa shape index (κ3) is 5.22. The van der Waals surface area contributed by atoms with Crippen molar-refractivity contribution in [2.24, 2.45) is 0 Å². The monoisotopic (exact) mass is 390 g/mol. The SMILES string of the molecule is Cc1nc(Nc2ccc(NC(=O)Nc3cccc(C)c3C)cc2)cc(N(C)C)n1. The highest BCUT2D eigenvalue weighted by Crippen LogP contribution is 2.21. The van der Waals surface area contributed by atoms with Crippen LogP contribution in [0.3, 0.4) is 0 Å². The van der Waals surface area contributed by atoms with Gasteiger partial charge in [0.05, 0.1) is 0 Å². The first-order valence-electron chi connectivity index (χ1n) is 9.36. The van der Waals surface area contributed by atoms with E-state index in [9.17, 15) is 4.79 Å². The molecule has 7 heteroatoms. The van der Waals surface area contributed by atoms with Crippen molar-refractivity contribution in [1.82, 2.24) is 9.97 Å². The Morgan fingerprint density at radius 1 is 0.897 bits per heavy atom. The normalized spacial score (nSPS) is 10.4.